The number of aromatic amines is 1. The maximum atomic E-state index is 10.4. The van der Waals surface area contributed by atoms with Gasteiger partial charge in [-0.3, -0.25) is 5.41 Å². The predicted octanol–water partition coefficient (Wildman–Crippen LogP) is 4.29. The number of nitrogens with zero attached hydrogens (tertiary/aromatic N) is 2. The van der Waals surface area contributed by atoms with E-state index in [9.17, 15) is 5.11 Å². The first kappa shape index (κ1) is 14.8. The standard InChI is InChI=1S/C18H15ClN4O/c1-10-8-11(19)6-7-14(10)23-9-15(24)16(17(23)20)18-21-12-4-2-3-5-13(12)22-18/h2-8,20,24H,9H2,1H3,(H,21,22). The van der Waals surface area contributed by atoms with E-state index in [1.54, 1.807) is 11.0 Å². The fraction of sp³-hybridized carbons (Fsp3) is 0.111. The number of halogens is 1. The minimum atomic E-state index is 0.133. The van der Waals surface area contributed by atoms with Crippen molar-refractivity contribution in [2.75, 3.05) is 11.4 Å². The van der Waals surface area contributed by atoms with Crippen LogP contribution in [-0.2, 0) is 0 Å². The zero-order chi connectivity index (χ0) is 16.8. The van der Waals surface area contributed by atoms with Gasteiger partial charge in [-0.1, -0.05) is 23.7 Å². The Kier molecular flexibility index (Phi) is 3.32. The Bertz CT molecular complexity index is 972. The molecule has 0 aliphatic carbocycles. The van der Waals surface area contributed by atoms with E-state index in [0.29, 0.717) is 16.4 Å². The molecule has 1 aromatic heterocycles. The van der Waals surface area contributed by atoms with Crippen molar-refractivity contribution in [2.45, 2.75) is 6.92 Å². The molecule has 0 fully saturated rings. The van der Waals surface area contributed by atoms with Gasteiger partial charge < -0.3 is 15.0 Å². The molecule has 0 unspecified atom stereocenters. The van der Waals surface area contributed by atoms with Crippen molar-refractivity contribution in [3.05, 3.63) is 64.6 Å². The summed E-state index contributed by atoms with van der Waals surface area (Å²) in [5, 5.41) is 19.6. The van der Waals surface area contributed by atoms with Gasteiger partial charge >= 0.3 is 0 Å². The summed E-state index contributed by atoms with van der Waals surface area (Å²) in [4.78, 5) is 9.43. The van der Waals surface area contributed by atoms with Crippen molar-refractivity contribution < 1.29 is 5.11 Å². The Morgan fingerprint density at radius 1 is 1.25 bits per heavy atom. The lowest BCUT2D eigenvalue weighted by molar-refractivity contribution is 0.411. The second-order valence-corrected chi connectivity index (χ2v) is 6.23. The number of rotatable bonds is 2. The molecule has 4 rings (SSSR count). The number of fused-ring (bicyclic) bond motifs is 1. The summed E-state index contributed by atoms with van der Waals surface area (Å²) in [6, 6.07) is 13.1. The summed E-state index contributed by atoms with van der Waals surface area (Å²) in [5.41, 5.74) is 3.91. The third-order valence-corrected chi connectivity index (χ3v) is 4.41. The first-order valence-electron chi connectivity index (χ1n) is 7.54. The second-order valence-electron chi connectivity index (χ2n) is 5.79. The van der Waals surface area contributed by atoms with E-state index in [0.717, 1.165) is 22.3 Å². The highest BCUT2D eigenvalue weighted by Crippen LogP contribution is 2.33. The Morgan fingerprint density at radius 2 is 2.04 bits per heavy atom. The van der Waals surface area contributed by atoms with Crippen molar-refractivity contribution in [1.82, 2.24) is 9.97 Å². The number of aromatic nitrogens is 2. The molecule has 0 amide bonds. The van der Waals surface area contributed by atoms with Gasteiger partial charge in [0.05, 0.1) is 23.2 Å². The Morgan fingerprint density at radius 3 is 2.79 bits per heavy atom. The normalized spacial score (nSPS) is 14.9. The maximum Gasteiger partial charge on any atom is 0.145 e. The molecule has 0 atom stereocenters. The van der Waals surface area contributed by atoms with Gasteiger partial charge in [-0.2, -0.15) is 0 Å². The van der Waals surface area contributed by atoms with Gasteiger partial charge in [0.1, 0.15) is 17.4 Å². The highest BCUT2D eigenvalue weighted by atomic mass is 35.5. The largest absolute Gasteiger partial charge is 0.509 e. The summed E-state index contributed by atoms with van der Waals surface area (Å²) >= 11 is 6.01. The summed E-state index contributed by atoms with van der Waals surface area (Å²) in [5.74, 6) is 0.859. The molecular formula is C18H15ClN4O. The van der Waals surface area contributed by atoms with Crippen LogP contribution in [0.1, 0.15) is 11.4 Å². The first-order valence-corrected chi connectivity index (χ1v) is 7.92. The lowest BCUT2D eigenvalue weighted by Gasteiger charge is -2.21. The van der Waals surface area contributed by atoms with Crippen molar-refractivity contribution in [3.63, 3.8) is 0 Å². The van der Waals surface area contributed by atoms with E-state index >= 15 is 0 Å². The molecule has 6 heteroatoms. The molecule has 0 spiro atoms. The van der Waals surface area contributed by atoms with Crippen LogP contribution in [0.4, 0.5) is 5.69 Å². The number of aryl methyl sites for hydroxylation is 1. The van der Waals surface area contributed by atoms with Gasteiger partial charge in [0.15, 0.2) is 0 Å². The molecule has 24 heavy (non-hydrogen) atoms. The van der Waals surface area contributed by atoms with Gasteiger partial charge in [-0.15, -0.1) is 0 Å². The van der Waals surface area contributed by atoms with E-state index in [4.69, 9.17) is 17.0 Å². The average molecular weight is 339 g/mol. The third kappa shape index (κ3) is 2.25. The smallest absolute Gasteiger partial charge is 0.145 e. The fourth-order valence-corrected chi connectivity index (χ4v) is 3.25. The number of benzene rings is 2. The Hall–Kier alpha value is -2.79. The van der Waals surface area contributed by atoms with E-state index in [2.05, 4.69) is 9.97 Å². The number of imidazole rings is 1. The van der Waals surface area contributed by atoms with Crippen LogP contribution in [0.15, 0.2) is 48.2 Å². The number of amidine groups is 1. The van der Waals surface area contributed by atoms with Crippen LogP contribution >= 0.6 is 11.6 Å². The van der Waals surface area contributed by atoms with Crippen LogP contribution in [0.2, 0.25) is 5.02 Å². The topological polar surface area (TPSA) is 76.0 Å². The fourth-order valence-electron chi connectivity index (χ4n) is 3.03. The highest BCUT2D eigenvalue weighted by molar-refractivity contribution is 6.32. The number of hydrogen-bond acceptors (Lipinski definition) is 3. The Labute approximate surface area is 143 Å². The molecule has 3 aromatic rings. The van der Waals surface area contributed by atoms with Crippen LogP contribution in [0.3, 0.4) is 0 Å². The van der Waals surface area contributed by atoms with Crippen molar-refractivity contribution >= 4 is 39.7 Å². The number of H-pyrrole nitrogens is 1. The van der Waals surface area contributed by atoms with Gasteiger partial charge in [-0.25, -0.2) is 4.98 Å². The quantitative estimate of drug-likeness (QED) is 0.652. The zero-order valence-electron chi connectivity index (χ0n) is 13.0. The van der Waals surface area contributed by atoms with Gasteiger partial charge in [0.2, 0.25) is 0 Å². The number of anilines is 1. The first-order chi connectivity index (χ1) is 11.5. The van der Waals surface area contributed by atoms with E-state index < -0.39 is 0 Å². The monoisotopic (exact) mass is 338 g/mol. The summed E-state index contributed by atoms with van der Waals surface area (Å²) in [6.45, 7) is 2.18. The molecule has 2 heterocycles. The number of aliphatic hydroxyl groups is 1. The molecule has 0 bridgehead atoms. The van der Waals surface area contributed by atoms with Crippen molar-refractivity contribution in [3.8, 4) is 0 Å². The van der Waals surface area contributed by atoms with Crippen LogP contribution < -0.4 is 4.90 Å². The maximum absolute atomic E-state index is 10.4. The zero-order valence-corrected chi connectivity index (χ0v) is 13.7. The van der Waals surface area contributed by atoms with Crippen LogP contribution in [0, 0.1) is 12.3 Å². The highest BCUT2D eigenvalue weighted by Gasteiger charge is 2.31. The van der Waals surface area contributed by atoms with Crippen molar-refractivity contribution in [1.29, 1.82) is 5.41 Å². The SMILES string of the molecule is Cc1cc(Cl)ccc1N1CC(O)=C(c2nc3ccccc3[nH]2)C1=N. The number of aliphatic hydroxyl groups excluding tert-OH is 1. The van der Waals surface area contributed by atoms with Crippen LogP contribution in [0.5, 0.6) is 0 Å². The number of para-hydroxylation sites is 2. The minimum absolute atomic E-state index is 0.133. The van der Waals surface area contributed by atoms with Crippen LogP contribution in [-0.4, -0.2) is 27.5 Å². The van der Waals surface area contributed by atoms with Gasteiger partial charge in [0, 0.05) is 10.7 Å². The molecule has 0 saturated heterocycles. The summed E-state index contributed by atoms with van der Waals surface area (Å²) < 4.78 is 0. The predicted molar refractivity (Wildman–Crippen MR) is 96.9 cm³/mol. The average Bonchev–Trinajstić information content (AvgIpc) is 3.08. The minimum Gasteiger partial charge on any atom is -0.509 e. The number of hydrogen-bond donors (Lipinski definition) is 3. The lowest BCUT2D eigenvalue weighted by atomic mass is 10.1. The second kappa shape index (κ2) is 5.39. The van der Waals surface area contributed by atoms with E-state index in [-0.39, 0.29) is 18.1 Å². The van der Waals surface area contributed by atoms with Gasteiger partial charge in [0.25, 0.3) is 0 Å². The molecule has 5 nitrogen and oxygen atoms in total. The van der Waals surface area contributed by atoms with E-state index in [1.165, 1.54) is 0 Å². The Balaban J connectivity index is 1.75. The van der Waals surface area contributed by atoms with Gasteiger partial charge in [-0.05, 0) is 42.8 Å². The molecular weight excluding hydrogens is 324 g/mol. The molecule has 3 N–H and O–H groups in total. The lowest BCUT2D eigenvalue weighted by Crippen LogP contribution is -2.26. The molecule has 1 aliphatic rings. The molecule has 120 valence electrons. The van der Waals surface area contributed by atoms with Crippen LogP contribution in [0.25, 0.3) is 16.6 Å². The molecule has 1 aliphatic heterocycles. The summed E-state index contributed by atoms with van der Waals surface area (Å²) in [7, 11) is 0. The molecule has 0 radical (unpaired) electrons. The van der Waals surface area contributed by atoms with E-state index in [1.807, 2.05) is 43.3 Å². The number of nitrogens with one attached hydrogen (secondary N) is 2. The van der Waals surface area contributed by atoms with Crippen molar-refractivity contribution in [2.24, 2.45) is 0 Å². The molecule has 2 aromatic carbocycles. The third-order valence-electron chi connectivity index (χ3n) is 4.18. The molecule has 0 saturated carbocycles. The summed E-state index contributed by atoms with van der Waals surface area (Å²) in [6.07, 6.45) is 0.